The standard InChI is InChI=1S/C34H33ClFN9O4/c1-34(2,3)49-33(47)41-29-13-11-22(31(36)40-29)25-17-37-32(39-25)27(14-20-8-6-5-7-9-20)44-18-28(48-4)24(16-30(44)46)23-15-21(35)10-12-26(23)45-19-38-42-43-45/h5-13,15-19,27,30,46H,14H2,1-4H3,(H,37,39)(H,40,41,47). The Morgan fingerprint density at radius 1 is 1.14 bits per heavy atom. The van der Waals surface area contributed by atoms with Gasteiger partial charge in [0.05, 0.1) is 36.3 Å². The number of hydrogen-bond donors (Lipinski definition) is 3. The summed E-state index contributed by atoms with van der Waals surface area (Å²) in [6, 6.07) is 17.4. The summed E-state index contributed by atoms with van der Waals surface area (Å²) in [5.74, 6) is 0.0656. The molecule has 1 aliphatic heterocycles. The van der Waals surface area contributed by atoms with E-state index in [1.807, 2.05) is 30.3 Å². The molecule has 0 spiro atoms. The second-order valence-corrected chi connectivity index (χ2v) is 12.5. The number of rotatable bonds is 9. The Bertz CT molecular complexity index is 2010. The van der Waals surface area contributed by atoms with E-state index in [0.717, 1.165) is 5.56 Å². The summed E-state index contributed by atoms with van der Waals surface area (Å²) >= 11 is 6.40. The van der Waals surface area contributed by atoms with Crippen molar-refractivity contribution < 1.29 is 23.8 Å². The summed E-state index contributed by atoms with van der Waals surface area (Å²) in [4.78, 5) is 25.6. The third kappa shape index (κ3) is 7.60. The Kier molecular flexibility index (Phi) is 9.42. The number of tetrazole rings is 1. The number of H-pyrrole nitrogens is 1. The molecule has 1 aliphatic rings. The first kappa shape index (κ1) is 33.3. The van der Waals surface area contributed by atoms with Gasteiger partial charge in [-0.2, -0.15) is 9.07 Å². The first-order valence-electron chi connectivity index (χ1n) is 15.2. The van der Waals surface area contributed by atoms with Crippen LogP contribution in [0.1, 0.15) is 43.8 Å². The highest BCUT2D eigenvalue weighted by atomic mass is 35.5. The first-order chi connectivity index (χ1) is 23.5. The molecular weight excluding hydrogens is 653 g/mol. The lowest BCUT2D eigenvalue weighted by molar-refractivity contribution is 0.0389. The van der Waals surface area contributed by atoms with E-state index in [1.165, 1.54) is 36.4 Å². The maximum absolute atomic E-state index is 15.3. The van der Waals surface area contributed by atoms with E-state index >= 15 is 4.39 Å². The number of halogens is 2. The van der Waals surface area contributed by atoms with Gasteiger partial charge in [-0.05, 0) is 73.2 Å². The van der Waals surface area contributed by atoms with E-state index in [9.17, 15) is 9.90 Å². The molecule has 0 saturated carbocycles. The summed E-state index contributed by atoms with van der Waals surface area (Å²) in [6.45, 7) is 5.17. The molecule has 2 atom stereocenters. The number of aliphatic hydroxyl groups excluding tert-OH is 1. The van der Waals surface area contributed by atoms with E-state index in [4.69, 9.17) is 21.1 Å². The number of anilines is 1. The molecular formula is C34H33ClFN9O4. The maximum Gasteiger partial charge on any atom is 0.413 e. The summed E-state index contributed by atoms with van der Waals surface area (Å²) in [6.07, 6.45) is 4.85. The van der Waals surface area contributed by atoms with Crippen molar-refractivity contribution in [1.82, 2.24) is 40.1 Å². The number of allylic oxidation sites excluding steroid dienone is 1. The van der Waals surface area contributed by atoms with Crippen molar-refractivity contribution >= 4 is 29.1 Å². The number of nitrogens with zero attached hydrogens (tertiary/aromatic N) is 7. The van der Waals surface area contributed by atoms with Crippen LogP contribution < -0.4 is 5.32 Å². The third-order valence-electron chi connectivity index (χ3n) is 7.53. The molecule has 0 bridgehead atoms. The van der Waals surface area contributed by atoms with Gasteiger partial charge in [0.2, 0.25) is 5.95 Å². The fourth-order valence-corrected chi connectivity index (χ4v) is 5.56. The van der Waals surface area contributed by atoms with Gasteiger partial charge in [-0.1, -0.05) is 41.9 Å². The van der Waals surface area contributed by atoms with Crippen molar-refractivity contribution in [2.45, 2.75) is 45.1 Å². The lowest BCUT2D eigenvalue weighted by Gasteiger charge is -2.36. The molecule has 49 heavy (non-hydrogen) atoms. The van der Waals surface area contributed by atoms with Crippen molar-refractivity contribution in [2.24, 2.45) is 0 Å². The van der Waals surface area contributed by atoms with Crippen molar-refractivity contribution in [3.05, 3.63) is 119 Å². The monoisotopic (exact) mass is 685 g/mol. The van der Waals surface area contributed by atoms with Crippen molar-refractivity contribution in [3.63, 3.8) is 0 Å². The molecule has 13 nitrogen and oxygen atoms in total. The van der Waals surface area contributed by atoms with Crippen LogP contribution in [-0.4, -0.2) is 70.2 Å². The van der Waals surface area contributed by atoms with Crippen LogP contribution in [0.4, 0.5) is 15.0 Å². The second kappa shape index (κ2) is 13.9. The highest BCUT2D eigenvalue weighted by Crippen LogP contribution is 2.38. The van der Waals surface area contributed by atoms with Crippen LogP contribution in [0.25, 0.3) is 22.5 Å². The molecule has 0 fully saturated rings. The summed E-state index contributed by atoms with van der Waals surface area (Å²) in [5, 5.41) is 26.1. The Morgan fingerprint density at radius 2 is 1.94 bits per heavy atom. The van der Waals surface area contributed by atoms with Crippen LogP contribution in [-0.2, 0) is 15.9 Å². The van der Waals surface area contributed by atoms with Crippen LogP contribution in [0, 0.1) is 5.95 Å². The maximum atomic E-state index is 15.3. The molecule has 1 amide bonds. The van der Waals surface area contributed by atoms with Gasteiger partial charge >= 0.3 is 6.09 Å². The Labute approximate surface area is 286 Å². The molecule has 2 aromatic carbocycles. The largest absolute Gasteiger partial charge is 0.495 e. The molecule has 3 aromatic heterocycles. The van der Waals surface area contributed by atoms with Gasteiger partial charge in [-0.3, -0.25) is 5.32 Å². The minimum Gasteiger partial charge on any atom is -0.495 e. The highest BCUT2D eigenvalue weighted by Gasteiger charge is 2.32. The average molecular weight is 686 g/mol. The average Bonchev–Trinajstić information content (AvgIpc) is 3.77. The third-order valence-corrected chi connectivity index (χ3v) is 7.76. The number of aromatic amines is 1. The van der Waals surface area contributed by atoms with Gasteiger partial charge in [0, 0.05) is 28.8 Å². The van der Waals surface area contributed by atoms with Gasteiger partial charge in [-0.15, -0.1) is 5.10 Å². The van der Waals surface area contributed by atoms with Crippen LogP contribution in [0.3, 0.4) is 0 Å². The predicted molar refractivity (Wildman–Crippen MR) is 180 cm³/mol. The van der Waals surface area contributed by atoms with Crippen LogP contribution in [0.5, 0.6) is 0 Å². The van der Waals surface area contributed by atoms with E-state index in [1.54, 1.807) is 56.1 Å². The Balaban J connectivity index is 1.33. The number of methoxy groups -OCH3 is 1. The molecule has 0 saturated heterocycles. The zero-order valence-corrected chi connectivity index (χ0v) is 27.8. The molecule has 0 radical (unpaired) electrons. The number of amides is 1. The minimum absolute atomic E-state index is 0.00333. The minimum atomic E-state index is -1.14. The number of aliphatic hydroxyl groups is 1. The van der Waals surface area contributed by atoms with Crippen molar-refractivity contribution in [3.8, 4) is 16.9 Å². The zero-order valence-electron chi connectivity index (χ0n) is 27.0. The molecule has 252 valence electrons. The molecule has 5 aromatic rings. The molecule has 6 rings (SSSR count). The van der Waals surface area contributed by atoms with E-state index in [2.05, 4.69) is 35.8 Å². The van der Waals surface area contributed by atoms with Crippen LogP contribution >= 0.6 is 11.6 Å². The molecule has 2 unspecified atom stereocenters. The van der Waals surface area contributed by atoms with E-state index in [0.29, 0.717) is 45.5 Å². The summed E-state index contributed by atoms with van der Waals surface area (Å²) in [5.41, 5.74) is 2.58. The number of aromatic nitrogens is 7. The zero-order chi connectivity index (χ0) is 34.7. The topological polar surface area (TPSA) is 156 Å². The molecule has 15 heteroatoms. The number of benzene rings is 2. The van der Waals surface area contributed by atoms with Gasteiger partial charge in [0.1, 0.15) is 35.6 Å². The molecule has 4 heterocycles. The van der Waals surface area contributed by atoms with E-state index < -0.39 is 29.9 Å². The predicted octanol–water partition coefficient (Wildman–Crippen LogP) is 6.08. The number of nitrogens with one attached hydrogen (secondary N) is 2. The normalized spacial score (nSPS) is 15.3. The first-order valence-corrected chi connectivity index (χ1v) is 15.6. The van der Waals surface area contributed by atoms with Crippen LogP contribution in [0.2, 0.25) is 5.02 Å². The second-order valence-electron chi connectivity index (χ2n) is 12.1. The number of ether oxygens (including phenoxy) is 2. The number of carbonyl (C=O) groups is 1. The Hall–Kier alpha value is -5.60. The molecule has 0 aliphatic carbocycles. The summed E-state index contributed by atoms with van der Waals surface area (Å²) < 4.78 is 27.9. The smallest absolute Gasteiger partial charge is 0.413 e. The van der Waals surface area contributed by atoms with E-state index in [-0.39, 0.29) is 11.4 Å². The Morgan fingerprint density at radius 3 is 2.63 bits per heavy atom. The fourth-order valence-electron chi connectivity index (χ4n) is 5.39. The summed E-state index contributed by atoms with van der Waals surface area (Å²) in [7, 11) is 1.53. The number of imidazole rings is 1. The lowest BCUT2D eigenvalue weighted by atomic mass is 9.97. The number of pyridine rings is 1. The quantitative estimate of drug-likeness (QED) is 0.156. The SMILES string of the molecule is COC1=CN(C(Cc2ccccc2)c2ncc(-c3ccc(NC(=O)OC(C)(C)C)nc3F)[nH]2)C(O)C=C1c1cc(Cl)ccc1-n1cnnn1. The lowest BCUT2D eigenvalue weighted by Crippen LogP contribution is -2.37. The van der Waals surface area contributed by atoms with Gasteiger partial charge in [0.15, 0.2) is 0 Å². The van der Waals surface area contributed by atoms with Crippen molar-refractivity contribution in [1.29, 1.82) is 0 Å². The van der Waals surface area contributed by atoms with Gasteiger partial charge < -0.3 is 24.5 Å². The fraction of sp³-hybridized carbons (Fsp3) is 0.235. The number of carbonyl (C=O) groups excluding carboxylic acids is 1. The highest BCUT2D eigenvalue weighted by molar-refractivity contribution is 6.30. The van der Waals surface area contributed by atoms with Crippen molar-refractivity contribution in [2.75, 3.05) is 12.4 Å². The number of hydrogen-bond acceptors (Lipinski definition) is 10. The van der Waals surface area contributed by atoms with Crippen LogP contribution in [0.15, 0.2) is 91.2 Å². The van der Waals surface area contributed by atoms with Gasteiger partial charge in [-0.25, -0.2) is 14.8 Å². The molecule has 3 N–H and O–H groups in total. The van der Waals surface area contributed by atoms with Gasteiger partial charge in [0.25, 0.3) is 0 Å².